The molecule has 0 aliphatic heterocycles. The van der Waals surface area contributed by atoms with Gasteiger partial charge in [-0.25, -0.2) is 4.79 Å². The topological polar surface area (TPSA) is 145 Å². The van der Waals surface area contributed by atoms with Crippen molar-refractivity contribution in [1.82, 2.24) is 0 Å². The Morgan fingerprint density at radius 3 is 1.02 bits per heavy atom. The second kappa shape index (κ2) is 50.8. The van der Waals surface area contributed by atoms with Crippen molar-refractivity contribution >= 4 is 12.1 Å². The molecule has 0 saturated carbocycles. The number of ether oxygens (including phenoxy) is 8. The molecule has 0 saturated heterocycles. The Morgan fingerprint density at radius 2 is 0.643 bits per heavy atom. The van der Waals surface area contributed by atoms with Crippen molar-refractivity contribution in [1.29, 1.82) is 0 Å². The highest BCUT2D eigenvalue weighted by atomic mass is 16.6. The van der Waals surface area contributed by atoms with Gasteiger partial charge in [0.1, 0.15) is 17.9 Å². The number of hydrogen-bond acceptors (Lipinski definition) is 12. The van der Waals surface area contributed by atoms with E-state index in [-0.39, 0.29) is 43.4 Å². The van der Waals surface area contributed by atoms with Crippen LogP contribution in [0.3, 0.4) is 0 Å². The van der Waals surface area contributed by atoms with Crippen molar-refractivity contribution in [3.05, 3.63) is 266 Å². The van der Waals surface area contributed by atoms with Crippen LogP contribution >= 0.6 is 0 Å². The van der Waals surface area contributed by atoms with Gasteiger partial charge in [-0.3, -0.25) is 0 Å². The molecule has 0 spiro atoms. The molecule has 0 aromatic heterocycles. The highest BCUT2D eigenvalue weighted by Crippen LogP contribution is 2.62. The number of hydrogen-bond donors (Lipinski definition) is 1. The Hall–Kier alpha value is -9.43. The van der Waals surface area contributed by atoms with Gasteiger partial charge >= 0.3 is 12.1 Å². The van der Waals surface area contributed by atoms with E-state index >= 15 is 4.79 Å². The molecule has 3 aliphatic carbocycles. The van der Waals surface area contributed by atoms with E-state index in [4.69, 9.17) is 47.5 Å². The molecule has 12 nitrogen and oxygen atoms in total. The van der Waals surface area contributed by atoms with E-state index in [1.54, 1.807) is 7.11 Å². The number of aryl methyl sites for hydroxylation is 3. The van der Waals surface area contributed by atoms with Gasteiger partial charge in [0.25, 0.3) is 0 Å². The van der Waals surface area contributed by atoms with E-state index in [0.29, 0.717) is 77.4 Å². The molecule has 0 heterocycles. The monoisotopic (exact) mass is 1740 g/mol. The molecule has 0 fully saturated rings. The lowest BCUT2D eigenvalue weighted by molar-refractivity contribution is -0.191. The minimum absolute atomic E-state index is 0.0210. The van der Waals surface area contributed by atoms with Gasteiger partial charge in [-0.1, -0.05) is 345 Å². The summed E-state index contributed by atoms with van der Waals surface area (Å²) >= 11 is 0. The summed E-state index contributed by atoms with van der Waals surface area (Å²) < 4.78 is 47.9. The Balaban J connectivity index is 0.00000496. The Bertz CT molecular complexity index is 4940. The molecule has 0 atom stereocenters. The van der Waals surface area contributed by atoms with Gasteiger partial charge in [0.2, 0.25) is 0 Å². The third kappa shape index (κ3) is 24.3. The first-order chi connectivity index (χ1) is 63.3. The number of carbonyl (C=O) groups is 1. The van der Waals surface area contributed by atoms with Crippen LogP contribution in [0.2, 0.25) is 0 Å². The number of aliphatic hydroxyl groups excluding tert-OH is 1. The molecule has 13 rings (SSSR count). The zero-order valence-electron chi connectivity index (χ0n) is 79.3. The van der Waals surface area contributed by atoms with E-state index in [1.807, 2.05) is 13.0 Å². The number of benzene rings is 10. The fourth-order valence-electron chi connectivity index (χ4n) is 20.8. The van der Waals surface area contributed by atoms with Crippen molar-refractivity contribution in [2.45, 2.75) is 264 Å². The lowest BCUT2D eigenvalue weighted by atomic mass is 9.66. The molecule has 0 unspecified atom stereocenters. The van der Waals surface area contributed by atoms with Gasteiger partial charge in [0.15, 0.2) is 0 Å². The summed E-state index contributed by atoms with van der Waals surface area (Å²) in [6, 6.07) is 76.4. The Morgan fingerprint density at radius 1 is 0.326 bits per heavy atom. The first kappa shape index (κ1) is 98.6. The SMILES string of the molecule is CCCCCCCCC1(CCCCCCCC)c2cc(-c3ccc(C)cc3)ccc2-c2ccc(-c3ccc4c(c3)C(c3ccc(COCCOCCOCCO)c(CC)c3)(c3ccc(OCCOCCOCCOC)c(C(=O)OCC)c3)c3cc(-c5ccc6c(c5)C(CCCCCCCC)(CCCCCCCC)c5cc(-c7ccc(C)cc7)ccc5-6)ccc3-4)cc21.O=C=O. The molecule has 1 N–H and O–H groups in total. The maximum Gasteiger partial charge on any atom is 0.373 e. The predicted molar refractivity (Wildman–Crippen MR) is 527 cm³/mol. The highest BCUT2D eigenvalue weighted by molar-refractivity contribution is 5.96. The molecule has 3 aliphatic rings. The summed E-state index contributed by atoms with van der Waals surface area (Å²) in [5.74, 6) is -0.0185. The summed E-state index contributed by atoms with van der Waals surface area (Å²) in [7, 11) is 1.67. The summed E-state index contributed by atoms with van der Waals surface area (Å²) in [6.45, 7) is 22.6. The van der Waals surface area contributed by atoms with E-state index in [0.717, 1.165) is 82.2 Å². The third-order valence-electron chi connectivity index (χ3n) is 27.6. The number of carbonyl (C=O) groups excluding carboxylic acids is 3. The number of methoxy groups -OCH3 is 1. The molecule has 0 radical (unpaired) electrons. The summed E-state index contributed by atoms with van der Waals surface area (Å²) in [4.78, 5) is 31.5. The van der Waals surface area contributed by atoms with Gasteiger partial charge in [0, 0.05) is 17.9 Å². The third-order valence-corrected chi connectivity index (χ3v) is 27.6. The van der Waals surface area contributed by atoms with Crippen LogP contribution in [0, 0.1) is 13.8 Å². The summed E-state index contributed by atoms with van der Waals surface area (Å²) in [5, 5.41) is 9.31. The van der Waals surface area contributed by atoms with Crippen LogP contribution < -0.4 is 4.74 Å². The second-order valence-electron chi connectivity index (χ2n) is 36.2. The molecule has 10 aromatic carbocycles. The molecule has 12 heteroatoms. The Kier molecular flexibility index (Phi) is 38.9. The van der Waals surface area contributed by atoms with E-state index in [2.05, 4.69) is 237 Å². The number of rotatable bonds is 57. The molecular formula is C117H146O12. The lowest BCUT2D eigenvalue weighted by Crippen LogP contribution is -2.30. The van der Waals surface area contributed by atoms with Crippen LogP contribution in [0.4, 0.5) is 0 Å². The van der Waals surface area contributed by atoms with Gasteiger partial charge in [0.05, 0.1) is 91.3 Å². The standard InChI is InChI=1S/C116H146O10.CO2/c1-10-16-20-24-28-32-60-114(61-33-29-25-21-17-11-2)106-77-90(88-40-36-85(7)37-41-88)45-53-99(106)101-55-47-92(79-108(101)114)94-49-57-103-104-58-50-95(93-48-56-102-100-54-46-91(89-42-38-86(8)39-43-89)78-107(100)115(109(102)80-93,62-34-30-26-22-18-12-3)63-35-31-27-23-19-13-4)82-111(104)116(110(103)81-94,97-51-44-96(87(14-5)76-97)84-124-73-72-122-69-68-120-65-64-117)98-52-59-112(105(83-98)113(118)125-15-6)126-75-74-123-71-70-121-67-66-119-9;2-1-3/h36-59,76-83,117H,10-35,60-75,84H2,1-9H3;. The lowest BCUT2D eigenvalue weighted by Gasteiger charge is -2.35. The zero-order chi connectivity index (χ0) is 90.6. The predicted octanol–water partition coefficient (Wildman–Crippen LogP) is 28.6. The molecular weight excluding hydrogens is 1600 g/mol. The second-order valence-corrected chi connectivity index (χ2v) is 36.2. The first-order valence-electron chi connectivity index (χ1n) is 49.4. The van der Waals surface area contributed by atoms with Gasteiger partial charge in [-0.15, -0.1) is 0 Å². The van der Waals surface area contributed by atoms with Crippen molar-refractivity contribution in [2.24, 2.45) is 0 Å². The van der Waals surface area contributed by atoms with Crippen molar-refractivity contribution in [3.63, 3.8) is 0 Å². The first-order valence-corrected chi connectivity index (χ1v) is 49.4. The normalized spacial score (nSPS) is 13.3. The molecule has 10 aromatic rings. The van der Waals surface area contributed by atoms with E-state index in [9.17, 15) is 5.11 Å². The smallest absolute Gasteiger partial charge is 0.373 e. The minimum atomic E-state index is -1.05. The Labute approximate surface area is 772 Å². The number of esters is 1. The molecule has 686 valence electrons. The average molecular weight is 1740 g/mol. The van der Waals surface area contributed by atoms with Gasteiger partial charge in [-0.05, 0) is 235 Å². The van der Waals surface area contributed by atoms with Crippen molar-refractivity contribution in [3.8, 4) is 83.6 Å². The fourth-order valence-corrected chi connectivity index (χ4v) is 20.8. The average Bonchev–Trinajstić information content (AvgIpc) is 1.53. The zero-order valence-corrected chi connectivity index (χ0v) is 79.3. The van der Waals surface area contributed by atoms with E-state index in [1.165, 1.54) is 249 Å². The molecule has 0 amide bonds. The van der Waals surface area contributed by atoms with Gasteiger partial charge < -0.3 is 43.0 Å². The quantitative estimate of drug-likeness (QED) is 0.0286. The summed E-state index contributed by atoms with van der Waals surface area (Å²) in [5.41, 5.74) is 31.5. The fraction of sp³-hybridized carbons (Fsp3) is 0.470. The van der Waals surface area contributed by atoms with E-state index < -0.39 is 11.4 Å². The van der Waals surface area contributed by atoms with Gasteiger partial charge in [-0.2, -0.15) is 9.59 Å². The maximum atomic E-state index is 15.2. The largest absolute Gasteiger partial charge is 0.490 e. The van der Waals surface area contributed by atoms with Crippen LogP contribution in [0.15, 0.2) is 194 Å². The summed E-state index contributed by atoms with van der Waals surface area (Å²) in [6.07, 6.45) is 35.2. The van der Waals surface area contributed by atoms with Crippen molar-refractivity contribution < 1.29 is 57.4 Å². The maximum absolute atomic E-state index is 15.2. The number of aliphatic hydroxyl groups is 1. The van der Waals surface area contributed by atoms with Crippen LogP contribution in [0.25, 0.3) is 77.9 Å². The number of fused-ring (bicyclic) bond motifs is 9. The van der Waals surface area contributed by atoms with Crippen LogP contribution in [0.1, 0.15) is 298 Å². The van der Waals surface area contributed by atoms with Crippen LogP contribution in [-0.2, 0) is 72.0 Å². The molecule has 129 heavy (non-hydrogen) atoms. The van der Waals surface area contributed by atoms with Crippen molar-refractivity contribution in [2.75, 3.05) is 93.0 Å². The number of unbranched alkanes of at least 4 members (excludes halogenated alkanes) is 20. The van der Waals surface area contributed by atoms with Crippen LogP contribution in [-0.4, -0.2) is 110 Å². The minimum Gasteiger partial charge on any atom is -0.490 e. The van der Waals surface area contributed by atoms with Crippen LogP contribution in [0.5, 0.6) is 5.75 Å². The molecule has 0 bridgehead atoms. The highest BCUT2D eigenvalue weighted by Gasteiger charge is 2.49.